The summed E-state index contributed by atoms with van der Waals surface area (Å²) < 4.78 is 10.1. The molecule has 2 aliphatic rings. The Morgan fingerprint density at radius 3 is 2.59 bits per heavy atom. The zero-order chi connectivity index (χ0) is 16.5. The monoisotopic (exact) mass is 312 g/mol. The van der Waals surface area contributed by atoms with E-state index < -0.39 is 23.3 Å². The molecule has 0 radical (unpaired) electrons. The van der Waals surface area contributed by atoms with Crippen molar-refractivity contribution in [3.8, 4) is 0 Å². The lowest BCUT2D eigenvalue weighted by Gasteiger charge is -2.42. The molecule has 0 aliphatic carbocycles. The van der Waals surface area contributed by atoms with E-state index >= 15 is 0 Å². The number of hydrogen-bond acceptors (Lipinski definition) is 5. The van der Waals surface area contributed by atoms with Crippen LogP contribution in [0.1, 0.15) is 46.5 Å². The highest BCUT2D eigenvalue weighted by molar-refractivity contribution is 5.94. The number of alkyl carbamates (subject to hydrolysis) is 1. The number of carbonyl (C=O) groups excluding carboxylic acids is 3. The topological polar surface area (TPSA) is 84.9 Å². The molecular weight excluding hydrogens is 288 g/mol. The van der Waals surface area contributed by atoms with Crippen LogP contribution in [0.25, 0.3) is 0 Å². The highest BCUT2D eigenvalue weighted by Gasteiger charge is 2.55. The first-order valence-corrected chi connectivity index (χ1v) is 7.59. The van der Waals surface area contributed by atoms with E-state index in [0.717, 1.165) is 6.42 Å². The summed E-state index contributed by atoms with van der Waals surface area (Å²) in [6.45, 7) is 5.80. The third kappa shape index (κ3) is 3.03. The molecule has 2 fully saturated rings. The molecule has 2 atom stereocenters. The van der Waals surface area contributed by atoms with E-state index in [1.807, 2.05) is 0 Å². The number of esters is 1. The van der Waals surface area contributed by atoms with Crippen molar-refractivity contribution in [2.75, 3.05) is 13.7 Å². The predicted molar refractivity (Wildman–Crippen MR) is 78.1 cm³/mol. The van der Waals surface area contributed by atoms with Gasteiger partial charge in [-0.2, -0.15) is 0 Å². The summed E-state index contributed by atoms with van der Waals surface area (Å²) in [7, 11) is 1.34. The molecule has 2 heterocycles. The maximum atomic E-state index is 12.6. The Labute approximate surface area is 130 Å². The number of methoxy groups -OCH3 is 1. The molecule has 22 heavy (non-hydrogen) atoms. The average molecular weight is 312 g/mol. The number of ether oxygens (including phenoxy) is 2. The number of rotatable bonds is 2. The molecule has 1 N–H and O–H groups in total. The van der Waals surface area contributed by atoms with Crippen molar-refractivity contribution in [2.24, 2.45) is 0 Å². The fraction of sp³-hybridized carbons (Fsp3) is 0.800. The predicted octanol–water partition coefficient (Wildman–Crippen LogP) is 1.21. The third-order valence-corrected chi connectivity index (χ3v) is 4.16. The van der Waals surface area contributed by atoms with Gasteiger partial charge in [-0.3, -0.25) is 4.79 Å². The molecule has 0 aromatic carbocycles. The van der Waals surface area contributed by atoms with E-state index in [0.29, 0.717) is 25.8 Å². The van der Waals surface area contributed by atoms with Gasteiger partial charge in [-0.1, -0.05) is 0 Å². The van der Waals surface area contributed by atoms with Gasteiger partial charge in [0, 0.05) is 6.54 Å². The molecule has 0 aromatic rings. The molecule has 124 valence electrons. The maximum Gasteiger partial charge on any atom is 0.408 e. The Hall–Kier alpha value is -1.79. The summed E-state index contributed by atoms with van der Waals surface area (Å²) >= 11 is 0. The van der Waals surface area contributed by atoms with Crippen LogP contribution in [0.2, 0.25) is 0 Å². The quantitative estimate of drug-likeness (QED) is 0.775. The van der Waals surface area contributed by atoms with Crippen molar-refractivity contribution in [1.82, 2.24) is 10.2 Å². The SMILES string of the molecule is COC(=O)[C@]12CCCN1C(=O)[C@H](NC(=O)OC(C)(C)C)CC2. The van der Waals surface area contributed by atoms with Crippen LogP contribution in [0, 0.1) is 0 Å². The Balaban J connectivity index is 2.07. The summed E-state index contributed by atoms with van der Waals surface area (Å²) in [5, 5.41) is 2.61. The Morgan fingerprint density at radius 2 is 2.00 bits per heavy atom. The zero-order valence-corrected chi connectivity index (χ0v) is 13.6. The molecule has 0 unspecified atom stereocenters. The van der Waals surface area contributed by atoms with Gasteiger partial charge < -0.3 is 19.7 Å². The first kappa shape index (κ1) is 16.6. The van der Waals surface area contributed by atoms with Crippen molar-refractivity contribution in [1.29, 1.82) is 0 Å². The fourth-order valence-electron chi connectivity index (χ4n) is 3.24. The van der Waals surface area contributed by atoms with Crippen LogP contribution in [-0.4, -0.2) is 53.7 Å². The minimum Gasteiger partial charge on any atom is -0.467 e. The standard InChI is InChI=1S/C15H24N2O5/c1-14(2,3)22-13(20)16-10-6-8-15(12(19)21-4)7-5-9-17(15)11(10)18/h10H,5-9H2,1-4H3,(H,16,20)/t10-,15-/m1/s1. The highest BCUT2D eigenvalue weighted by Crippen LogP contribution is 2.39. The molecule has 2 amide bonds. The number of nitrogens with one attached hydrogen (secondary N) is 1. The van der Waals surface area contributed by atoms with Gasteiger partial charge >= 0.3 is 12.1 Å². The summed E-state index contributed by atoms with van der Waals surface area (Å²) in [4.78, 5) is 38.1. The molecule has 2 rings (SSSR count). The van der Waals surface area contributed by atoms with E-state index in [1.165, 1.54) is 7.11 Å². The first-order valence-electron chi connectivity index (χ1n) is 7.59. The van der Waals surface area contributed by atoms with Crippen molar-refractivity contribution < 1.29 is 23.9 Å². The van der Waals surface area contributed by atoms with Gasteiger partial charge in [-0.05, 0) is 46.5 Å². The van der Waals surface area contributed by atoms with Gasteiger partial charge in [0.2, 0.25) is 5.91 Å². The van der Waals surface area contributed by atoms with Crippen LogP contribution in [-0.2, 0) is 19.1 Å². The fourth-order valence-corrected chi connectivity index (χ4v) is 3.24. The molecular formula is C15H24N2O5. The van der Waals surface area contributed by atoms with E-state index in [1.54, 1.807) is 25.7 Å². The minimum absolute atomic E-state index is 0.236. The smallest absolute Gasteiger partial charge is 0.408 e. The number of hydrogen-bond donors (Lipinski definition) is 1. The lowest BCUT2D eigenvalue weighted by Crippen LogP contribution is -2.63. The first-order chi connectivity index (χ1) is 10.2. The van der Waals surface area contributed by atoms with Gasteiger partial charge in [-0.25, -0.2) is 9.59 Å². The van der Waals surface area contributed by atoms with Gasteiger partial charge in [0.1, 0.15) is 17.2 Å². The molecule has 7 heteroatoms. The highest BCUT2D eigenvalue weighted by atomic mass is 16.6. The molecule has 2 aliphatic heterocycles. The molecule has 0 bridgehead atoms. The maximum absolute atomic E-state index is 12.6. The molecule has 2 saturated heterocycles. The second-order valence-corrected chi connectivity index (χ2v) is 6.85. The second kappa shape index (κ2) is 5.78. The van der Waals surface area contributed by atoms with Crippen molar-refractivity contribution in [2.45, 2.75) is 63.6 Å². The summed E-state index contributed by atoms with van der Waals surface area (Å²) in [6.07, 6.45) is 1.66. The zero-order valence-electron chi connectivity index (χ0n) is 13.6. The van der Waals surface area contributed by atoms with Gasteiger partial charge in [0.15, 0.2) is 0 Å². The number of carbonyl (C=O) groups is 3. The number of amides is 2. The molecule has 7 nitrogen and oxygen atoms in total. The Kier molecular flexibility index (Phi) is 4.35. The van der Waals surface area contributed by atoms with Gasteiger partial charge in [0.25, 0.3) is 0 Å². The lowest BCUT2D eigenvalue weighted by molar-refractivity contribution is -0.164. The summed E-state index contributed by atoms with van der Waals surface area (Å²) in [5.41, 5.74) is -1.47. The van der Waals surface area contributed by atoms with Crippen molar-refractivity contribution in [3.63, 3.8) is 0 Å². The van der Waals surface area contributed by atoms with E-state index in [2.05, 4.69) is 5.32 Å². The van der Waals surface area contributed by atoms with Crippen molar-refractivity contribution in [3.05, 3.63) is 0 Å². The molecule has 0 saturated carbocycles. The Morgan fingerprint density at radius 1 is 1.32 bits per heavy atom. The van der Waals surface area contributed by atoms with E-state index in [9.17, 15) is 14.4 Å². The number of nitrogens with zero attached hydrogens (tertiary/aromatic N) is 1. The normalized spacial score (nSPS) is 28.1. The lowest BCUT2D eigenvalue weighted by atomic mass is 9.84. The van der Waals surface area contributed by atoms with Crippen molar-refractivity contribution >= 4 is 18.0 Å². The second-order valence-electron chi connectivity index (χ2n) is 6.85. The van der Waals surface area contributed by atoms with Crippen LogP contribution in [0.5, 0.6) is 0 Å². The average Bonchev–Trinajstić information content (AvgIpc) is 2.85. The molecule has 0 spiro atoms. The van der Waals surface area contributed by atoms with Gasteiger partial charge in [0.05, 0.1) is 7.11 Å². The Bertz CT molecular complexity index is 485. The summed E-state index contributed by atoms with van der Waals surface area (Å²) in [6, 6.07) is -0.647. The largest absolute Gasteiger partial charge is 0.467 e. The number of piperidine rings is 1. The minimum atomic E-state index is -0.849. The third-order valence-electron chi connectivity index (χ3n) is 4.16. The number of fused-ring (bicyclic) bond motifs is 1. The van der Waals surface area contributed by atoms with E-state index in [-0.39, 0.29) is 11.9 Å². The van der Waals surface area contributed by atoms with Gasteiger partial charge in [-0.15, -0.1) is 0 Å². The van der Waals surface area contributed by atoms with Crippen LogP contribution >= 0.6 is 0 Å². The molecule has 0 aromatic heterocycles. The van der Waals surface area contributed by atoms with Crippen LogP contribution in [0.4, 0.5) is 4.79 Å². The van der Waals surface area contributed by atoms with Crippen LogP contribution < -0.4 is 5.32 Å². The van der Waals surface area contributed by atoms with Crippen LogP contribution in [0.3, 0.4) is 0 Å². The van der Waals surface area contributed by atoms with E-state index in [4.69, 9.17) is 9.47 Å². The summed E-state index contributed by atoms with van der Waals surface area (Å²) in [5.74, 6) is -0.603. The van der Waals surface area contributed by atoms with Crippen LogP contribution in [0.15, 0.2) is 0 Å².